The Bertz CT molecular complexity index is 538. The molecule has 2 aromatic rings. The van der Waals surface area contributed by atoms with Gasteiger partial charge in [-0.2, -0.15) is 4.98 Å². The van der Waals surface area contributed by atoms with Crippen LogP contribution in [-0.2, 0) is 7.05 Å². The number of halogens is 2. The smallest absolute Gasteiger partial charge is 0.216 e. The van der Waals surface area contributed by atoms with Crippen molar-refractivity contribution < 1.29 is 0 Å². The number of aryl methyl sites for hydroxylation is 1. The highest BCUT2D eigenvalue weighted by Crippen LogP contribution is 2.31. The monoisotopic (exact) mass is 259 g/mol. The van der Waals surface area contributed by atoms with E-state index in [1.807, 2.05) is 0 Å². The van der Waals surface area contributed by atoms with Gasteiger partial charge >= 0.3 is 0 Å². The lowest BCUT2D eigenvalue weighted by atomic mass is 10.2. The van der Waals surface area contributed by atoms with Crippen molar-refractivity contribution in [3.8, 4) is 11.4 Å². The molecule has 0 saturated carbocycles. The fourth-order valence-corrected chi connectivity index (χ4v) is 1.95. The topological polar surface area (TPSA) is 33.6 Å². The Morgan fingerprint density at radius 1 is 1.33 bits per heavy atom. The molecule has 1 heterocycles. The Labute approximate surface area is 102 Å². The fourth-order valence-electron chi connectivity index (χ4n) is 1.24. The highest BCUT2D eigenvalue weighted by atomic mass is 35.5. The molecule has 0 bridgehead atoms. The molecule has 6 heteroatoms. The summed E-state index contributed by atoms with van der Waals surface area (Å²) in [5.41, 5.74) is 0.674. The van der Waals surface area contributed by atoms with Gasteiger partial charge in [0.2, 0.25) is 4.77 Å². The second-order valence-electron chi connectivity index (χ2n) is 3.01. The summed E-state index contributed by atoms with van der Waals surface area (Å²) in [5.74, 6) is 0.582. The molecular formula is C9H7Cl2N3S. The van der Waals surface area contributed by atoms with Crippen LogP contribution < -0.4 is 0 Å². The van der Waals surface area contributed by atoms with E-state index in [4.69, 9.17) is 35.4 Å². The lowest BCUT2D eigenvalue weighted by Gasteiger charge is -2.02. The molecule has 0 radical (unpaired) electrons. The summed E-state index contributed by atoms with van der Waals surface area (Å²) in [6.45, 7) is 0. The predicted octanol–water partition coefficient (Wildman–Crippen LogP) is 3.45. The second-order valence-corrected chi connectivity index (χ2v) is 4.19. The first kappa shape index (κ1) is 10.7. The molecule has 1 aromatic carbocycles. The van der Waals surface area contributed by atoms with Crippen molar-refractivity contribution in [2.75, 3.05) is 0 Å². The van der Waals surface area contributed by atoms with Crippen molar-refractivity contribution in [1.82, 2.24) is 14.8 Å². The van der Waals surface area contributed by atoms with Gasteiger partial charge in [0.05, 0.1) is 15.6 Å². The van der Waals surface area contributed by atoms with E-state index < -0.39 is 0 Å². The van der Waals surface area contributed by atoms with E-state index in [2.05, 4.69) is 10.1 Å². The Morgan fingerprint density at radius 2 is 1.93 bits per heavy atom. The van der Waals surface area contributed by atoms with Crippen LogP contribution in [0.25, 0.3) is 11.4 Å². The van der Waals surface area contributed by atoms with Gasteiger partial charge in [-0.05, 0) is 24.4 Å². The molecule has 3 nitrogen and oxygen atoms in total. The van der Waals surface area contributed by atoms with Crippen molar-refractivity contribution in [2.45, 2.75) is 0 Å². The first-order valence-corrected chi connectivity index (χ1v) is 5.33. The second kappa shape index (κ2) is 3.96. The average molecular weight is 260 g/mol. The van der Waals surface area contributed by atoms with E-state index in [1.165, 1.54) is 0 Å². The highest BCUT2D eigenvalue weighted by molar-refractivity contribution is 7.71. The fraction of sp³-hybridized carbons (Fsp3) is 0.111. The van der Waals surface area contributed by atoms with Crippen molar-refractivity contribution in [3.05, 3.63) is 33.0 Å². The van der Waals surface area contributed by atoms with Gasteiger partial charge in [-0.1, -0.05) is 29.3 Å². The number of benzene rings is 1. The number of hydrogen-bond donors (Lipinski definition) is 1. The van der Waals surface area contributed by atoms with Crippen molar-refractivity contribution in [1.29, 1.82) is 0 Å². The van der Waals surface area contributed by atoms with Gasteiger partial charge in [0.1, 0.15) is 0 Å². The molecule has 0 atom stereocenters. The van der Waals surface area contributed by atoms with Crippen LogP contribution in [-0.4, -0.2) is 14.8 Å². The molecule has 0 fully saturated rings. The molecular weight excluding hydrogens is 253 g/mol. The minimum atomic E-state index is 0.459. The quantitative estimate of drug-likeness (QED) is 0.797. The summed E-state index contributed by atoms with van der Waals surface area (Å²) >= 11 is 17.1. The number of hydrogen-bond acceptors (Lipinski definition) is 2. The molecule has 2 rings (SSSR count). The standard InChI is InChI=1S/C9H7Cl2N3S/c1-14-9(15)12-8(13-14)7-5(10)3-2-4-6(7)11/h2-4H,1H3,(H,12,13,15). The van der Waals surface area contributed by atoms with E-state index in [-0.39, 0.29) is 0 Å². The Morgan fingerprint density at radius 3 is 2.40 bits per heavy atom. The molecule has 0 aliphatic rings. The molecule has 1 N–H and O–H groups in total. The number of aromatic amines is 1. The van der Waals surface area contributed by atoms with E-state index in [1.54, 1.807) is 29.9 Å². The molecule has 0 unspecified atom stereocenters. The van der Waals surface area contributed by atoms with Crippen LogP contribution in [0.1, 0.15) is 0 Å². The number of aromatic nitrogens is 3. The van der Waals surface area contributed by atoms with Gasteiger partial charge in [0.15, 0.2) is 5.82 Å². The van der Waals surface area contributed by atoms with E-state index >= 15 is 0 Å². The summed E-state index contributed by atoms with van der Waals surface area (Å²) in [6, 6.07) is 5.30. The summed E-state index contributed by atoms with van der Waals surface area (Å²) in [4.78, 5) is 4.16. The zero-order valence-corrected chi connectivity index (χ0v) is 10.1. The Kier molecular flexibility index (Phi) is 2.82. The predicted molar refractivity (Wildman–Crippen MR) is 63.8 cm³/mol. The number of nitrogens with zero attached hydrogens (tertiary/aromatic N) is 2. The summed E-state index contributed by atoms with van der Waals surface area (Å²) in [6.07, 6.45) is 0. The van der Waals surface area contributed by atoms with Gasteiger partial charge in [-0.15, -0.1) is 0 Å². The maximum Gasteiger partial charge on any atom is 0.216 e. The molecule has 0 spiro atoms. The van der Waals surface area contributed by atoms with Crippen molar-refractivity contribution in [2.24, 2.45) is 7.05 Å². The number of rotatable bonds is 1. The van der Waals surface area contributed by atoms with Crippen LogP contribution in [0.4, 0.5) is 0 Å². The first-order chi connectivity index (χ1) is 7.09. The molecule has 78 valence electrons. The van der Waals surface area contributed by atoms with Crippen LogP contribution in [0.5, 0.6) is 0 Å². The maximum atomic E-state index is 6.04. The SMILES string of the molecule is Cn1[nH]c(-c2c(Cl)cccc2Cl)nc1=S. The zero-order chi connectivity index (χ0) is 11.0. The average Bonchev–Trinajstić information content (AvgIpc) is 2.46. The first-order valence-electron chi connectivity index (χ1n) is 4.17. The maximum absolute atomic E-state index is 6.04. The summed E-state index contributed by atoms with van der Waals surface area (Å²) in [5, 5.41) is 4.07. The van der Waals surface area contributed by atoms with Gasteiger partial charge < -0.3 is 0 Å². The van der Waals surface area contributed by atoms with Gasteiger partial charge in [-0.25, -0.2) is 0 Å². The third-order valence-electron chi connectivity index (χ3n) is 1.97. The lowest BCUT2D eigenvalue weighted by molar-refractivity contribution is 0.756. The van der Waals surface area contributed by atoms with E-state index in [0.29, 0.717) is 26.2 Å². The molecule has 0 aliphatic heterocycles. The van der Waals surface area contributed by atoms with Gasteiger partial charge in [-0.3, -0.25) is 9.78 Å². The highest BCUT2D eigenvalue weighted by Gasteiger charge is 2.11. The van der Waals surface area contributed by atoms with Gasteiger partial charge in [0, 0.05) is 7.05 Å². The summed E-state index contributed by atoms with van der Waals surface area (Å²) in [7, 11) is 1.78. The minimum Gasteiger partial charge on any atom is -0.279 e. The van der Waals surface area contributed by atoms with Crippen LogP contribution in [0.3, 0.4) is 0 Å². The molecule has 0 aliphatic carbocycles. The van der Waals surface area contributed by atoms with Gasteiger partial charge in [0.25, 0.3) is 0 Å². The molecule has 0 amide bonds. The zero-order valence-electron chi connectivity index (χ0n) is 7.79. The molecule has 1 aromatic heterocycles. The van der Waals surface area contributed by atoms with Crippen LogP contribution in [0, 0.1) is 4.77 Å². The number of nitrogens with one attached hydrogen (secondary N) is 1. The third kappa shape index (κ3) is 1.93. The van der Waals surface area contributed by atoms with Crippen molar-refractivity contribution in [3.63, 3.8) is 0 Å². The van der Waals surface area contributed by atoms with Crippen LogP contribution >= 0.6 is 35.4 Å². The van der Waals surface area contributed by atoms with Crippen LogP contribution in [0.2, 0.25) is 10.0 Å². The normalized spacial score (nSPS) is 10.6. The Balaban J connectivity index is 2.68. The number of H-pyrrole nitrogens is 1. The summed E-state index contributed by atoms with van der Waals surface area (Å²) < 4.78 is 2.09. The van der Waals surface area contributed by atoms with E-state index in [0.717, 1.165) is 0 Å². The molecule has 0 saturated heterocycles. The lowest BCUT2D eigenvalue weighted by Crippen LogP contribution is -1.90. The molecule has 15 heavy (non-hydrogen) atoms. The van der Waals surface area contributed by atoms with E-state index in [9.17, 15) is 0 Å². The Hall–Kier alpha value is -0.840. The van der Waals surface area contributed by atoms with Crippen LogP contribution in [0.15, 0.2) is 18.2 Å². The minimum absolute atomic E-state index is 0.459. The van der Waals surface area contributed by atoms with Crippen molar-refractivity contribution >= 4 is 35.4 Å². The largest absolute Gasteiger partial charge is 0.279 e. The third-order valence-corrected chi connectivity index (χ3v) is 2.96.